The van der Waals surface area contributed by atoms with Gasteiger partial charge in [0.1, 0.15) is 28.9 Å². The number of rotatable bonds is 9. The fraction of sp³-hybridized carbons (Fsp3) is 0.455. The third-order valence-corrected chi connectivity index (χ3v) is 4.34. The number of carbonyl (C=O) groups excluding carboxylic acids is 2. The van der Waals surface area contributed by atoms with E-state index in [1.54, 1.807) is 20.8 Å². The van der Waals surface area contributed by atoms with Gasteiger partial charge >= 0.3 is 6.09 Å². The van der Waals surface area contributed by atoms with Crippen LogP contribution in [-0.2, 0) is 16.0 Å². The number of alkyl carbamates (subject to hydrolysis) is 1. The maximum atomic E-state index is 13.1. The molecule has 9 nitrogen and oxygen atoms in total. The number of nitrogen functional groups attached to an aromatic ring is 1. The zero-order chi connectivity index (χ0) is 23.7. The molecule has 2 amide bonds. The van der Waals surface area contributed by atoms with Crippen LogP contribution in [0, 0.1) is 17.1 Å². The number of hydrogen-bond acceptors (Lipinski definition) is 6. The summed E-state index contributed by atoms with van der Waals surface area (Å²) in [7, 11) is 0. The number of hydrogen-bond donors (Lipinski definition) is 3. The SMILES string of the molecule is CC(C)(C)OC(=O)NCCCC(=O)NCCCc1nn(-c2ccc(F)cc2)c(N)c1C#N. The number of ether oxygens (including phenoxy) is 1. The van der Waals surface area contributed by atoms with E-state index in [2.05, 4.69) is 21.8 Å². The van der Waals surface area contributed by atoms with Gasteiger partial charge in [-0.15, -0.1) is 0 Å². The van der Waals surface area contributed by atoms with Crippen LogP contribution in [0.2, 0.25) is 0 Å². The van der Waals surface area contributed by atoms with Crippen molar-refractivity contribution in [2.24, 2.45) is 0 Å². The molecule has 172 valence electrons. The van der Waals surface area contributed by atoms with Crippen LogP contribution in [0.1, 0.15) is 51.3 Å². The first-order chi connectivity index (χ1) is 15.1. The van der Waals surface area contributed by atoms with E-state index in [9.17, 15) is 19.2 Å². The van der Waals surface area contributed by atoms with Crippen molar-refractivity contribution in [3.05, 3.63) is 41.3 Å². The van der Waals surface area contributed by atoms with Crippen LogP contribution in [0.5, 0.6) is 0 Å². The first kappa shape index (κ1) is 24.7. The van der Waals surface area contributed by atoms with E-state index in [-0.39, 0.29) is 29.5 Å². The molecular formula is C22H29FN6O3. The number of benzene rings is 1. The van der Waals surface area contributed by atoms with Crippen molar-refractivity contribution in [2.45, 2.75) is 52.1 Å². The lowest BCUT2D eigenvalue weighted by Crippen LogP contribution is -2.33. The third kappa shape index (κ3) is 7.58. The minimum absolute atomic E-state index is 0.132. The second-order valence-corrected chi connectivity index (χ2v) is 8.19. The molecule has 0 unspecified atom stereocenters. The molecular weight excluding hydrogens is 415 g/mol. The van der Waals surface area contributed by atoms with Crippen LogP contribution >= 0.6 is 0 Å². The molecule has 1 aromatic carbocycles. The summed E-state index contributed by atoms with van der Waals surface area (Å²) >= 11 is 0. The van der Waals surface area contributed by atoms with Crippen LogP contribution in [-0.4, -0.2) is 40.5 Å². The van der Waals surface area contributed by atoms with E-state index in [1.165, 1.54) is 28.9 Å². The number of halogens is 1. The number of amides is 2. The highest BCUT2D eigenvalue weighted by Crippen LogP contribution is 2.21. The predicted octanol–water partition coefficient (Wildman–Crippen LogP) is 2.82. The quantitative estimate of drug-likeness (QED) is 0.509. The summed E-state index contributed by atoms with van der Waals surface area (Å²) in [6, 6.07) is 7.70. The van der Waals surface area contributed by atoms with Gasteiger partial charge in [0.25, 0.3) is 0 Å². The van der Waals surface area contributed by atoms with Crippen molar-refractivity contribution >= 4 is 17.8 Å². The van der Waals surface area contributed by atoms with Gasteiger partial charge in [-0.3, -0.25) is 4.79 Å². The lowest BCUT2D eigenvalue weighted by atomic mass is 10.1. The summed E-state index contributed by atoms with van der Waals surface area (Å²) in [4.78, 5) is 23.5. The molecule has 1 aromatic heterocycles. The lowest BCUT2D eigenvalue weighted by molar-refractivity contribution is -0.121. The first-order valence-corrected chi connectivity index (χ1v) is 10.4. The van der Waals surface area contributed by atoms with Crippen molar-refractivity contribution in [1.29, 1.82) is 5.26 Å². The number of aryl methyl sites for hydroxylation is 1. The molecule has 1 heterocycles. The van der Waals surface area contributed by atoms with Crippen molar-refractivity contribution in [3.63, 3.8) is 0 Å². The Bertz CT molecular complexity index is 973. The van der Waals surface area contributed by atoms with Gasteiger partial charge in [-0.25, -0.2) is 13.9 Å². The molecule has 0 atom stereocenters. The third-order valence-electron chi connectivity index (χ3n) is 4.34. The summed E-state index contributed by atoms with van der Waals surface area (Å²) in [6.45, 7) is 6.09. The van der Waals surface area contributed by atoms with E-state index in [4.69, 9.17) is 10.5 Å². The summed E-state index contributed by atoms with van der Waals surface area (Å²) in [5.41, 5.74) is 6.82. The van der Waals surface area contributed by atoms with Gasteiger partial charge in [0, 0.05) is 19.5 Å². The van der Waals surface area contributed by atoms with E-state index in [1.807, 2.05) is 0 Å². The van der Waals surface area contributed by atoms with Gasteiger partial charge in [-0.05, 0) is 64.3 Å². The fourth-order valence-corrected chi connectivity index (χ4v) is 2.88. The van der Waals surface area contributed by atoms with Gasteiger partial charge in [-0.1, -0.05) is 0 Å². The number of nitrogens with zero attached hydrogens (tertiary/aromatic N) is 3. The van der Waals surface area contributed by atoms with Crippen LogP contribution in [0.3, 0.4) is 0 Å². The molecule has 0 spiro atoms. The Kier molecular flexibility index (Phi) is 8.58. The maximum Gasteiger partial charge on any atom is 0.407 e. The van der Waals surface area contributed by atoms with Crippen LogP contribution < -0.4 is 16.4 Å². The Balaban J connectivity index is 1.75. The molecule has 0 bridgehead atoms. The Morgan fingerprint density at radius 2 is 1.84 bits per heavy atom. The van der Waals surface area contributed by atoms with E-state index < -0.39 is 11.7 Å². The summed E-state index contributed by atoms with van der Waals surface area (Å²) < 4.78 is 19.7. The van der Waals surface area contributed by atoms with Gasteiger partial charge < -0.3 is 21.1 Å². The monoisotopic (exact) mass is 444 g/mol. The molecule has 32 heavy (non-hydrogen) atoms. The molecule has 2 rings (SSSR count). The molecule has 4 N–H and O–H groups in total. The van der Waals surface area contributed by atoms with Crippen molar-refractivity contribution < 1.29 is 18.7 Å². The zero-order valence-corrected chi connectivity index (χ0v) is 18.6. The van der Waals surface area contributed by atoms with Gasteiger partial charge in [0.15, 0.2) is 0 Å². The number of nitrogens with two attached hydrogens (primary N) is 1. The van der Waals surface area contributed by atoms with Gasteiger partial charge in [0.05, 0.1) is 11.4 Å². The molecule has 10 heteroatoms. The van der Waals surface area contributed by atoms with Crippen molar-refractivity contribution in [3.8, 4) is 11.8 Å². The number of nitriles is 1. The minimum Gasteiger partial charge on any atom is -0.444 e. The number of nitrogens with one attached hydrogen (secondary N) is 2. The average molecular weight is 445 g/mol. The van der Waals surface area contributed by atoms with E-state index >= 15 is 0 Å². The zero-order valence-electron chi connectivity index (χ0n) is 18.6. The highest BCUT2D eigenvalue weighted by atomic mass is 19.1. The van der Waals surface area contributed by atoms with E-state index in [0.717, 1.165) is 0 Å². The number of carbonyl (C=O) groups is 2. The molecule has 0 saturated carbocycles. The Morgan fingerprint density at radius 3 is 2.47 bits per heavy atom. The average Bonchev–Trinajstić information content (AvgIpc) is 3.03. The number of aromatic nitrogens is 2. The topological polar surface area (TPSA) is 135 Å². The molecule has 0 saturated heterocycles. The number of anilines is 1. The molecule has 0 radical (unpaired) electrons. The second kappa shape index (κ2) is 11.1. The standard InChI is InChI=1S/C22H29FN6O3/c1-22(2,3)32-21(31)27-13-5-7-19(30)26-12-4-6-18-17(14-24)20(25)29(28-18)16-10-8-15(23)9-11-16/h8-11H,4-7,12-13,25H2,1-3H3,(H,26,30)(H,27,31). The van der Waals surface area contributed by atoms with Crippen LogP contribution in [0.15, 0.2) is 24.3 Å². The minimum atomic E-state index is -0.563. The molecule has 0 aliphatic rings. The normalized spacial score (nSPS) is 11.0. The highest BCUT2D eigenvalue weighted by Gasteiger charge is 2.17. The Hall–Kier alpha value is -3.61. The summed E-state index contributed by atoms with van der Waals surface area (Å²) in [6.07, 6.45) is 1.26. The molecule has 2 aromatic rings. The smallest absolute Gasteiger partial charge is 0.407 e. The van der Waals surface area contributed by atoms with E-state index in [0.29, 0.717) is 43.7 Å². The molecule has 0 aliphatic carbocycles. The Labute approximate surface area is 186 Å². The largest absolute Gasteiger partial charge is 0.444 e. The lowest BCUT2D eigenvalue weighted by Gasteiger charge is -2.19. The summed E-state index contributed by atoms with van der Waals surface area (Å²) in [5.74, 6) is -0.319. The molecule has 0 aliphatic heterocycles. The summed E-state index contributed by atoms with van der Waals surface area (Å²) in [5, 5.41) is 19.2. The van der Waals surface area contributed by atoms with Crippen molar-refractivity contribution in [1.82, 2.24) is 20.4 Å². The Morgan fingerprint density at radius 1 is 1.19 bits per heavy atom. The highest BCUT2D eigenvalue weighted by molar-refractivity contribution is 5.75. The fourth-order valence-electron chi connectivity index (χ4n) is 2.88. The first-order valence-electron chi connectivity index (χ1n) is 10.4. The van der Waals surface area contributed by atoms with Crippen LogP contribution in [0.4, 0.5) is 15.0 Å². The second-order valence-electron chi connectivity index (χ2n) is 8.19. The predicted molar refractivity (Wildman–Crippen MR) is 117 cm³/mol. The van der Waals surface area contributed by atoms with Gasteiger partial charge in [-0.2, -0.15) is 10.4 Å². The maximum absolute atomic E-state index is 13.1. The molecule has 0 fully saturated rings. The van der Waals surface area contributed by atoms with Crippen molar-refractivity contribution in [2.75, 3.05) is 18.8 Å². The van der Waals surface area contributed by atoms with Gasteiger partial charge in [0.2, 0.25) is 5.91 Å². The van der Waals surface area contributed by atoms with Crippen LogP contribution in [0.25, 0.3) is 5.69 Å².